The Balaban J connectivity index is 1.45. The average molecular weight is 463 g/mol. The quantitative estimate of drug-likeness (QED) is 0.362. The molecule has 5 heterocycles. The van der Waals surface area contributed by atoms with Crippen LogP contribution in [0.15, 0.2) is 55.0 Å². The molecule has 0 unspecified atom stereocenters. The van der Waals surface area contributed by atoms with Gasteiger partial charge in [-0.05, 0) is 30.3 Å². The number of nitrogens with one attached hydrogen (secondary N) is 2. The van der Waals surface area contributed by atoms with Crippen LogP contribution in [-0.2, 0) is 13.1 Å². The standard InChI is InChI=1S/C24H17ClF2N6/c25-17-8-15(18(26)9-19(17)27)24-16(11-30-32-24)20-1-2-21-22(31-20)7-13(10-29-21)14-3-5-33-6-4-28-12-23(14)33/h1-3,5,7-11,28H,4,6,12H2,(H,30,32). The number of hydrogen-bond acceptors (Lipinski definition) is 4. The van der Waals surface area contributed by atoms with Crippen LogP contribution in [-0.4, -0.2) is 31.3 Å². The summed E-state index contributed by atoms with van der Waals surface area (Å²) in [6.45, 7) is 2.69. The van der Waals surface area contributed by atoms with Crippen molar-refractivity contribution in [2.24, 2.45) is 0 Å². The highest BCUT2D eigenvalue weighted by atomic mass is 35.5. The first-order valence-electron chi connectivity index (χ1n) is 10.4. The van der Waals surface area contributed by atoms with Gasteiger partial charge < -0.3 is 9.88 Å². The number of pyridine rings is 2. The Hall–Kier alpha value is -3.62. The molecule has 0 amide bonds. The van der Waals surface area contributed by atoms with E-state index in [2.05, 4.69) is 37.3 Å². The fourth-order valence-corrected chi connectivity index (χ4v) is 4.45. The van der Waals surface area contributed by atoms with Gasteiger partial charge in [0.25, 0.3) is 0 Å². The van der Waals surface area contributed by atoms with Crippen molar-refractivity contribution in [1.82, 2.24) is 30.0 Å². The molecule has 0 radical (unpaired) electrons. The van der Waals surface area contributed by atoms with E-state index >= 15 is 0 Å². The van der Waals surface area contributed by atoms with Crippen LogP contribution in [0.4, 0.5) is 8.78 Å². The number of benzene rings is 1. The molecule has 0 bridgehead atoms. The van der Waals surface area contributed by atoms with E-state index in [0.29, 0.717) is 22.5 Å². The van der Waals surface area contributed by atoms with Crippen molar-refractivity contribution in [3.63, 3.8) is 0 Å². The van der Waals surface area contributed by atoms with Gasteiger partial charge in [0.1, 0.15) is 11.6 Å². The normalized spacial score (nSPS) is 13.4. The summed E-state index contributed by atoms with van der Waals surface area (Å²) in [4.78, 5) is 9.37. The van der Waals surface area contributed by atoms with Crippen LogP contribution >= 0.6 is 11.6 Å². The van der Waals surface area contributed by atoms with Gasteiger partial charge in [-0.15, -0.1) is 0 Å². The molecule has 5 aromatic rings. The SMILES string of the molecule is Fc1cc(F)c(-c2[nH]ncc2-c2ccc3ncc(-c4ccn5c4CNCC5)cc3n2)cc1Cl. The summed E-state index contributed by atoms with van der Waals surface area (Å²) in [6, 6.07) is 9.78. The predicted octanol–water partition coefficient (Wildman–Crippen LogP) is 5.19. The monoisotopic (exact) mass is 462 g/mol. The number of halogens is 3. The van der Waals surface area contributed by atoms with Gasteiger partial charge in [0.05, 0.1) is 33.6 Å². The first-order chi connectivity index (χ1) is 16.1. The van der Waals surface area contributed by atoms with Gasteiger partial charge >= 0.3 is 0 Å². The molecule has 0 spiro atoms. The molecule has 2 N–H and O–H groups in total. The van der Waals surface area contributed by atoms with Gasteiger partial charge in [0.2, 0.25) is 0 Å². The Morgan fingerprint density at radius 3 is 2.76 bits per heavy atom. The summed E-state index contributed by atoms with van der Waals surface area (Å²) in [7, 11) is 0. The molecular formula is C24H17ClF2N6. The highest BCUT2D eigenvalue weighted by Crippen LogP contribution is 2.34. The van der Waals surface area contributed by atoms with Gasteiger partial charge in [-0.25, -0.2) is 13.8 Å². The topological polar surface area (TPSA) is 71.4 Å². The fraction of sp³-hybridized carbons (Fsp3) is 0.125. The molecule has 0 saturated heterocycles. The Kier molecular flexibility index (Phi) is 4.70. The minimum Gasteiger partial charge on any atom is -0.348 e. The van der Waals surface area contributed by atoms with Gasteiger partial charge in [-0.3, -0.25) is 10.1 Å². The number of nitrogens with zero attached hydrogens (tertiary/aromatic N) is 4. The average Bonchev–Trinajstić information content (AvgIpc) is 3.48. The number of H-pyrrole nitrogens is 1. The molecular weight excluding hydrogens is 446 g/mol. The number of aromatic nitrogens is 5. The van der Waals surface area contributed by atoms with Crippen molar-refractivity contribution in [2.45, 2.75) is 13.1 Å². The number of rotatable bonds is 3. The fourth-order valence-electron chi connectivity index (χ4n) is 4.28. The van der Waals surface area contributed by atoms with E-state index in [1.165, 1.54) is 11.8 Å². The summed E-state index contributed by atoms with van der Waals surface area (Å²) in [5.41, 5.74) is 6.44. The number of hydrogen-bond donors (Lipinski definition) is 2. The van der Waals surface area contributed by atoms with E-state index in [9.17, 15) is 8.78 Å². The molecule has 4 aromatic heterocycles. The number of aromatic amines is 1. The molecule has 33 heavy (non-hydrogen) atoms. The van der Waals surface area contributed by atoms with E-state index in [-0.39, 0.29) is 10.6 Å². The van der Waals surface area contributed by atoms with Gasteiger partial charge in [-0.1, -0.05) is 11.6 Å². The van der Waals surface area contributed by atoms with E-state index in [4.69, 9.17) is 16.6 Å². The lowest BCUT2D eigenvalue weighted by molar-refractivity contribution is 0.518. The van der Waals surface area contributed by atoms with Crippen LogP contribution in [0, 0.1) is 11.6 Å². The van der Waals surface area contributed by atoms with Gasteiger partial charge in [0.15, 0.2) is 0 Å². The Morgan fingerprint density at radius 2 is 1.85 bits per heavy atom. The first kappa shape index (κ1) is 20.0. The van der Waals surface area contributed by atoms with Crippen LogP contribution < -0.4 is 5.32 Å². The summed E-state index contributed by atoms with van der Waals surface area (Å²) in [5, 5.41) is 10.1. The van der Waals surface area contributed by atoms with Gasteiger partial charge in [0, 0.05) is 66.0 Å². The van der Waals surface area contributed by atoms with Crippen LogP contribution in [0.3, 0.4) is 0 Å². The highest BCUT2D eigenvalue weighted by molar-refractivity contribution is 6.31. The van der Waals surface area contributed by atoms with E-state index in [1.54, 1.807) is 12.3 Å². The van der Waals surface area contributed by atoms with Crippen LogP contribution in [0.25, 0.3) is 44.7 Å². The zero-order chi connectivity index (χ0) is 22.5. The summed E-state index contributed by atoms with van der Waals surface area (Å²) in [5.74, 6) is -1.55. The van der Waals surface area contributed by atoms with Gasteiger partial charge in [-0.2, -0.15) is 5.10 Å². The molecule has 1 aromatic carbocycles. The first-order valence-corrected chi connectivity index (χ1v) is 10.8. The largest absolute Gasteiger partial charge is 0.348 e. The third kappa shape index (κ3) is 3.39. The summed E-state index contributed by atoms with van der Waals surface area (Å²) < 4.78 is 30.4. The maximum atomic E-state index is 14.5. The Labute approximate surface area is 192 Å². The molecule has 0 aliphatic carbocycles. The van der Waals surface area contributed by atoms with Crippen molar-refractivity contribution in [3.05, 3.63) is 77.3 Å². The lowest BCUT2D eigenvalue weighted by Gasteiger charge is -2.18. The summed E-state index contributed by atoms with van der Waals surface area (Å²) >= 11 is 5.89. The molecule has 0 atom stereocenters. The second-order valence-electron chi connectivity index (χ2n) is 7.91. The van der Waals surface area contributed by atoms with Crippen LogP contribution in [0.1, 0.15) is 5.69 Å². The van der Waals surface area contributed by atoms with E-state index in [1.807, 2.05) is 18.3 Å². The van der Waals surface area contributed by atoms with Crippen molar-refractivity contribution in [2.75, 3.05) is 6.54 Å². The lowest BCUT2D eigenvalue weighted by Crippen LogP contribution is -2.27. The minimum absolute atomic E-state index is 0.121. The molecule has 164 valence electrons. The Bertz CT molecular complexity index is 1520. The van der Waals surface area contributed by atoms with E-state index in [0.717, 1.165) is 42.3 Å². The second-order valence-corrected chi connectivity index (χ2v) is 8.32. The highest BCUT2D eigenvalue weighted by Gasteiger charge is 2.19. The maximum absolute atomic E-state index is 14.5. The Morgan fingerprint density at radius 1 is 0.939 bits per heavy atom. The molecule has 9 heteroatoms. The molecule has 0 saturated carbocycles. The van der Waals surface area contributed by atoms with Crippen LogP contribution in [0.2, 0.25) is 5.02 Å². The predicted molar refractivity (Wildman–Crippen MR) is 123 cm³/mol. The number of fused-ring (bicyclic) bond motifs is 2. The third-order valence-corrected chi connectivity index (χ3v) is 6.23. The van der Waals surface area contributed by atoms with Crippen molar-refractivity contribution in [3.8, 4) is 33.6 Å². The molecule has 1 aliphatic rings. The van der Waals surface area contributed by atoms with Crippen molar-refractivity contribution in [1.29, 1.82) is 0 Å². The minimum atomic E-state index is -0.815. The third-order valence-electron chi connectivity index (χ3n) is 5.94. The molecule has 6 nitrogen and oxygen atoms in total. The van der Waals surface area contributed by atoms with Crippen LogP contribution in [0.5, 0.6) is 0 Å². The second kappa shape index (κ2) is 7.75. The lowest BCUT2D eigenvalue weighted by atomic mass is 10.0. The maximum Gasteiger partial charge on any atom is 0.144 e. The molecule has 6 rings (SSSR count). The van der Waals surface area contributed by atoms with E-state index < -0.39 is 11.6 Å². The zero-order valence-electron chi connectivity index (χ0n) is 17.2. The van der Waals surface area contributed by atoms with Crippen molar-refractivity contribution >= 4 is 22.6 Å². The summed E-state index contributed by atoms with van der Waals surface area (Å²) in [6.07, 6.45) is 5.51. The molecule has 1 aliphatic heterocycles. The smallest absolute Gasteiger partial charge is 0.144 e. The van der Waals surface area contributed by atoms with Crippen molar-refractivity contribution < 1.29 is 8.78 Å². The zero-order valence-corrected chi connectivity index (χ0v) is 18.0. The molecule has 0 fully saturated rings.